The van der Waals surface area contributed by atoms with Gasteiger partial charge in [0, 0.05) is 11.6 Å². The Morgan fingerprint density at radius 1 is 1.45 bits per heavy atom. The van der Waals surface area contributed by atoms with E-state index in [4.69, 9.17) is 9.88 Å². The van der Waals surface area contributed by atoms with Crippen molar-refractivity contribution >= 4 is 15.9 Å². The van der Waals surface area contributed by atoms with E-state index in [1.165, 1.54) is 12.1 Å². The van der Waals surface area contributed by atoms with Gasteiger partial charge in [0.15, 0.2) is 0 Å². The lowest BCUT2D eigenvalue weighted by atomic mass is 10.0. The Balaban J connectivity index is 1.86. The van der Waals surface area contributed by atoms with Crippen LogP contribution in [-0.4, -0.2) is 27.0 Å². The highest BCUT2D eigenvalue weighted by atomic mass is 32.2. The second-order valence-electron chi connectivity index (χ2n) is 5.44. The second kappa shape index (κ2) is 4.46. The van der Waals surface area contributed by atoms with E-state index in [0.29, 0.717) is 17.2 Å². The summed E-state index contributed by atoms with van der Waals surface area (Å²) in [6.07, 6.45) is 0.989. The minimum atomic E-state index is -3.78. The molecule has 1 aromatic rings. The Morgan fingerprint density at radius 3 is 2.75 bits per heavy atom. The van der Waals surface area contributed by atoms with Gasteiger partial charge in [0.25, 0.3) is 0 Å². The van der Waals surface area contributed by atoms with E-state index in [2.05, 4.69) is 12.2 Å². The number of benzene rings is 1. The summed E-state index contributed by atoms with van der Waals surface area (Å²) < 4.78 is 28.2. The van der Waals surface area contributed by atoms with Crippen molar-refractivity contribution in [2.24, 2.45) is 11.1 Å². The maximum atomic E-state index is 12.2. The number of nitrogens with two attached hydrogens (primary N) is 1. The Hall–Kier alpha value is -1.60. The summed E-state index contributed by atoms with van der Waals surface area (Å²) in [6.45, 7) is 2.31. The van der Waals surface area contributed by atoms with E-state index in [1.807, 2.05) is 0 Å². The summed E-state index contributed by atoms with van der Waals surface area (Å²) in [5.74, 6) is 0.460. The number of sulfonamides is 1. The van der Waals surface area contributed by atoms with Crippen LogP contribution >= 0.6 is 0 Å². The third-order valence-electron chi connectivity index (χ3n) is 3.84. The zero-order valence-corrected chi connectivity index (χ0v) is 11.8. The minimum absolute atomic E-state index is 0.000611. The van der Waals surface area contributed by atoms with Crippen LogP contribution in [0.15, 0.2) is 23.1 Å². The molecule has 6 nitrogen and oxygen atoms in total. The van der Waals surface area contributed by atoms with Crippen LogP contribution in [0.25, 0.3) is 0 Å². The summed E-state index contributed by atoms with van der Waals surface area (Å²) >= 11 is 0. The highest BCUT2D eigenvalue weighted by molar-refractivity contribution is 7.89. The van der Waals surface area contributed by atoms with Crippen LogP contribution in [0.1, 0.15) is 24.8 Å². The molecule has 0 radical (unpaired) electrons. The van der Waals surface area contributed by atoms with Gasteiger partial charge < -0.3 is 10.1 Å². The van der Waals surface area contributed by atoms with Crippen LogP contribution in [0.3, 0.4) is 0 Å². The highest BCUT2D eigenvalue weighted by Gasteiger charge is 2.38. The molecule has 20 heavy (non-hydrogen) atoms. The Kier molecular flexibility index (Phi) is 2.98. The predicted molar refractivity (Wildman–Crippen MR) is 71.8 cm³/mol. The third kappa shape index (κ3) is 2.38. The average molecular weight is 296 g/mol. The summed E-state index contributed by atoms with van der Waals surface area (Å²) in [7, 11) is -3.78. The van der Waals surface area contributed by atoms with Gasteiger partial charge in [-0.15, -0.1) is 0 Å². The Labute approximate surface area is 117 Å². The van der Waals surface area contributed by atoms with E-state index in [9.17, 15) is 13.2 Å². The smallest absolute Gasteiger partial charge is 0.238 e. The van der Waals surface area contributed by atoms with Crippen molar-refractivity contribution in [2.45, 2.75) is 30.2 Å². The Bertz CT molecular complexity index is 671. The van der Waals surface area contributed by atoms with Crippen molar-refractivity contribution in [3.8, 4) is 5.75 Å². The lowest BCUT2D eigenvalue weighted by Crippen LogP contribution is -2.32. The molecule has 1 saturated carbocycles. The molecule has 108 valence electrons. The maximum Gasteiger partial charge on any atom is 0.238 e. The van der Waals surface area contributed by atoms with Crippen molar-refractivity contribution < 1.29 is 17.9 Å². The van der Waals surface area contributed by atoms with Gasteiger partial charge in [-0.2, -0.15) is 0 Å². The first-order chi connectivity index (χ1) is 9.36. The molecule has 3 atom stereocenters. The van der Waals surface area contributed by atoms with Crippen molar-refractivity contribution in [3.05, 3.63) is 23.8 Å². The van der Waals surface area contributed by atoms with Crippen LogP contribution in [0, 0.1) is 5.92 Å². The van der Waals surface area contributed by atoms with E-state index in [1.54, 1.807) is 6.07 Å². The summed E-state index contributed by atoms with van der Waals surface area (Å²) in [5.41, 5.74) is 0.585. The molecule has 0 aromatic heterocycles. The van der Waals surface area contributed by atoms with Gasteiger partial charge >= 0.3 is 0 Å². The number of carbonyl (C=O) groups is 1. The molecule has 0 spiro atoms. The molecule has 1 fully saturated rings. The number of primary sulfonamides is 1. The zero-order chi connectivity index (χ0) is 14.5. The second-order valence-corrected chi connectivity index (χ2v) is 7.00. The summed E-state index contributed by atoms with van der Waals surface area (Å²) in [5, 5.41) is 8.06. The fourth-order valence-electron chi connectivity index (χ4n) is 2.39. The van der Waals surface area contributed by atoms with Gasteiger partial charge in [-0.1, -0.05) is 6.92 Å². The van der Waals surface area contributed by atoms with Crippen LogP contribution in [0.5, 0.6) is 5.75 Å². The Morgan fingerprint density at radius 2 is 2.15 bits per heavy atom. The first kappa shape index (κ1) is 13.4. The highest BCUT2D eigenvalue weighted by Crippen LogP contribution is 2.37. The molecule has 1 heterocycles. The topological polar surface area (TPSA) is 98.5 Å². The number of hydrogen-bond donors (Lipinski definition) is 2. The molecule has 1 aromatic carbocycles. The number of amides is 1. The summed E-state index contributed by atoms with van der Waals surface area (Å²) in [4.78, 5) is 12.2. The van der Waals surface area contributed by atoms with Crippen molar-refractivity contribution in [2.75, 3.05) is 6.61 Å². The normalized spacial score (nSPS) is 27.6. The molecule has 3 N–H and O–H groups in total. The maximum absolute atomic E-state index is 12.2. The van der Waals surface area contributed by atoms with E-state index in [0.717, 1.165) is 6.42 Å². The molecule has 3 rings (SSSR count). The predicted octanol–water partition coefficient (Wildman–Crippen LogP) is 0.335. The molecule has 2 aliphatic rings. The largest absolute Gasteiger partial charge is 0.492 e. The molecule has 3 unspecified atom stereocenters. The standard InChI is InChI=1S/C13H16N2O4S/c1-7-4-11(7)15-13(16)10-6-19-12-3-2-8(5-9(10)12)20(14,17)18/h2-3,5,7,10-11H,4,6H2,1H3,(H,15,16)(H2,14,17,18). The molecule has 1 amide bonds. The first-order valence-electron chi connectivity index (χ1n) is 6.46. The monoisotopic (exact) mass is 296 g/mol. The fraction of sp³-hybridized carbons (Fsp3) is 0.462. The number of hydrogen-bond acceptors (Lipinski definition) is 4. The molecular formula is C13H16N2O4S. The molecule has 1 aliphatic carbocycles. The van der Waals surface area contributed by atoms with Crippen LogP contribution in [0.4, 0.5) is 0 Å². The number of nitrogens with one attached hydrogen (secondary N) is 1. The van der Waals surface area contributed by atoms with E-state index >= 15 is 0 Å². The van der Waals surface area contributed by atoms with Crippen molar-refractivity contribution in [3.63, 3.8) is 0 Å². The number of rotatable bonds is 3. The summed E-state index contributed by atoms with van der Waals surface area (Å²) in [6, 6.07) is 4.59. The van der Waals surface area contributed by atoms with Gasteiger partial charge in [0.2, 0.25) is 15.9 Å². The lowest BCUT2D eigenvalue weighted by Gasteiger charge is -2.10. The van der Waals surface area contributed by atoms with Gasteiger partial charge in [-0.05, 0) is 30.5 Å². The molecule has 0 bridgehead atoms. The number of carbonyl (C=O) groups excluding carboxylic acids is 1. The van der Waals surface area contributed by atoms with Crippen LogP contribution in [0.2, 0.25) is 0 Å². The van der Waals surface area contributed by atoms with Crippen molar-refractivity contribution in [1.82, 2.24) is 5.32 Å². The van der Waals surface area contributed by atoms with Gasteiger partial charge in [0.05, 0.1) is 4.90 Å². The molecule has 7 heteroatoms. The number of fused-ring (bicyclic) bond motifs is 1. The molecule has 0 saturated heterocycles. The lowest BCUT2D eigenvalue weighted by molar-refractivity contribution is -0.122. The zero-order valence-electron chi connectivity index (χ0n) is 11.0. The first-order valence-corrected chi connectivity index (χ1v) is 8.01. The SMILES string of the molecule is CC1CC1NC(=O)C1COc2ccc(S(N)(=O)=O)cc21. The van der Waals surface area contributed by atoms with Crippen LogP contribution in [-0.2, 0) is 14.8 Å². The van der Waals surface area contributed by atoms with Gasteiger partial charge in [0.1, 0.15) is 18.3 Å². The number of ether oxygens (including phenoxy) is 1. The van der Waals surface area contributed by atoms with E-state index in [-0.39, 0.29) is 23.5 Å². The van der Waals surface area contributed by atoms with Crippen LogP contribution < -0.4 is 15.2 Å². The average Bonchev–Trinajstić information content (AvgIpc) is 2.90. The van der Waals surface area contributed by atoms with Gasteiger partial charge in [-0.3, -0.25) is 4.79 Å². The van der Waals surface area contributed by atoms with Crippen molar-refractivity contribution in [1.29, 1.82) is 0 Å². The quantitative estimate of drug-likeness (QED) is 0.840. The van der Waals surface area contributed by atoms with E-state index < -0.39 is 15.9 Å². The third-order valence-corrected chi connectivity index (χ3v) is 4.76. The molecular weight excluding hydrogens is 280 g/mol. The fourth-order valence-corrected chi connectivity index (χ4v) is 2.94. The molecule has 1 aliphatic heterocycles. The van der Waals surface area contributed by atoms with Gasteiger partial charge in [-0.25, -0.2) is 13.6 Å². The minimum Gasteiger partial charge on any atom is -0.492 e.